The average molecular weight is 420 g/mol. The second-order valence-electron chi connectivity index (χ2n) is 8.83. The molecule has 0 aliphatic heterocycles. The molecule has 31 heavy (non-hydrogen) atoms. The van der Waals surface area contributed by atoms with Crippen LogP contribution < -0.4 is 10.1 Å². The van der Waals surface area contributed by atoms with Crippen molar-refractivity contribution in [1.29, 1.82) is 0 Å². The van der Waals surface area contributed by atoms with Gasteiger partial charge in [0.2, 0.25) is 11.8 Å². The summed E-state index contributed by atoms with van der Waals surface area (Å²) >= 11 is 0. The molecule has 1 aromatic heterocycles. The van der Waals surface area contributed by atoms with E-state index in [9.17, 15) is 0 Å². The van der Waals surface area contributed by atoms with Gasteiger partial charge < -0.3 is 14.5 Å². The summed E-state index contributed by atoms with van der Waals surface area (Å²) in [4.78, 5) is 0. The predicted octanol–water partition coefficient (Wildman–Crippen LogP) is 6.28. The fourth-order valence-corrected chi connectivity index (χ4v) is 4.52. The van der Waals surface area contributed by atoms with Gasteiger partial charge in [-0.2, -0.15) is 0 Å². The van der Waals surface area contributed by atoms with E-state index in [0.717, 1.165) is 17.2 Å². The number of nitrogens with one attached hydrogen (secondary N) is 1. The third kappa shape index (κ3) is 5.34. The summed E-state index contributed by atoms with van der Waals surface area (Å²) in [5.74, 6) is 3.11. The van der Waals surface area contributed by atoms with Crippen LogP contribution in [-0.4, -0.2) is 17.3 Å². The van der Waals surface area contributed by atoms with Crippen LogP contribution in [0, 0.1) is 5.92 Å². The van der Waals surface area contributed by atoms with E-state index in [1.807, 2.05) is 24.3 Å². The quantitative estimate of drug-likeness (QED) is 0.465. The summed E-state index contributed by atoms with van der Waals surface area (Å²) in [6.07, 6.45) is 6.79. The van der Waals surface area contributed by atoms with E-state index in [4.69, 9.17) is 9.15 Å². The molecule has 1 atom stereocenters. The highest BCUT2D eigenvalue weighted by molar-refractivity contribution is 5.53. The lowest BCUT2D eigenvalue weighted by Gasteiger charge is -2.25. The molecule has 5 nitrogen and oxygen atoms in total. The lowest BCUT2D eigenvalue weighted by Crippen LogP contribution is -2.25. The predicted molar refractivity (Wildman–Crippen MR) is 123 cm³/mol. The third-order valence-corrected chi connectivity index (χ3v) is 6.32. The summed E-state index contributed by atoms with van der Waals surface area (Å²) in [5.41, 5.74) is 3.69. The molecule has 0 bridgehead atoms. The number of benzene rings is 2. The zero-order valence-electron chi connectivity index (χ0n) is 18.8. The van der Waals surface area contributed by atoms with Gasteiger partial charge in [0.25, 0.3) is 0 Å². The van der Waals surface area contributed by atoms with Crippen LogP contribution in [0.15, 0.2) is 52.9 Å². The Morgan fingerprint density at radius 2 is 1.68 bits per heavy atom. The molecule has 5 heteroatoms. The minimum atomic E-state index is 0.233. The molecule has 0 radical (unpaired) electrons. The Hall–Kier alpha value is -2.66. The van der Waals surface area contributed by atoms with Crippen molar-refractivity contribution < 1.29 is 9.15 Å². The van der Waals surface area contributed by atoms with E-state index in [-0.39, 0.29) is 6.04 Å². The van der Waals surface area contributed by atoms with Crippen LogP contribution in [0.2, 0.25) is 0 Å². The molecule has 164 valence electrons. The molecule has 1 saturated carbocycles. The maximum absolute atomic E-state index is 5.88. The molecule has 0 unspecified atom stereocenters. The van der Waals surface area contributed by atoms with Crippen molar-refractivity contribution in [2.75, 3.05) is 7.11 Å². The van der Waals surface area contributed by atoms with Crippen molar-refractivity contribution in [2.45, 2.75) is 64.5 Å². The smallest absolute Gasteiger partial charge is 0.247 e. The van der Waals surface area contributed by atoms with E-state index in [1.54, 1.807) is 7.11 Å². The maximum atomic E-state index is 5.88. The lowest BCUT2D eigenvalue weighted by molar-refractivity contribution is 0.380. The van der Waals surface area contributed by atoms with Crippen molar-refractivity contribution in [1.82, 2.24) is 15.5 Å². The Morgan fingerprint density at radius 3 is 2.32 bits per heavy atom. The minimum absolute atomic E-state index is 0.233. The summed E-state index contributed by atoms with van der Waals surface area (Å²) in [6.45, 7) is 5.02. The van der Waals surface area contributed by atoms with Gasteiger partial charge >= 0.3 is 0 Å². The number of methoxy groups -OCH3 is 1. The number of hydrogen-bond donors (Lipinski definition) is 1. The summed E-state index contributed by atoms with van der Waals surface area (Å²) in [5, 5.41) is 12.0. The van der Waals surface area contributed by atoms with Crippen molar-refractivity contribution in [3.05, 3.63) is 65.5 Å². The number of rotatable bonds is 8. The van der Waals surface area contributed by atoms with Crippen molar-refractivity contribution >= 4 is 0 Å². The van der Waals surface area contributed by atoms with E-state index in [2.05, 4.69) is 53.6 Å². The molecule has 1 aliphatic rings. The van der Waals surface area contributed by atoms with Crippen molar-refractivity contribution in [2.24, 2.45) is 5.92 Å². The third-order valence-electron chi connectivity index (χ3n) is 6.32. The van der Waals surface area contributed by atoms with Gasteiger partial charge in [-0.15, -0.1) is 10.2 Å². The SMILES string of the molecule is COc1ccc(-c2nnc(CN[C@H](c3ccc(C4CCCCC4)cc3)C(C)C)o2)cc1. The first-order valence-electron chi connectivity index (χ1n) is 11.4. The molecule has 2 aromatic carbocycles. The van der Waals surface area contributed by atoms with E-state index >= 15 is 0 Å². The molecule has 0 amide bonds. The zero-order chi connectivity index (χ0) is 21.6. The second-order valence-corrected chi connectivity index (χ2v) is 8.83. The largest absolute Gasteiger partial charge is 0.497 e. The van der Waals surface area contributed by atoms with Crippen LogP contribution in [0.1, 0.15) is 74.9 Å². The maximum Gasteiger partial charge on any atom is 0.247 e. The monoisotopic (exact) mass is 419 g/mol. The number of ether oxygens (including phenoxy) is 1. The number of hydrogen-bond acceptors (Lipinski definition) is 5. The van der Waals surface area contributed by atoms with Gasteiger partial charge in [-0.1, -0.05) is 57.4 Å². The molecule has 4 rings (SSSR count). The van der Waals surface area contributed by atoms with Gasteiger partial charge in [0.15, 0.2) is 0 Å². The normalized spacial score (nSPS) is 15.9. The first kappa shape index (κ1) is 21.6. The highest BCUT2D eigenvalue weighted by Gasteiger charge is 2.19. The highest BCUT2D eigenvalue weighted by Crippen LogP contribution is 2.33. The van der Waals surface area contributed by atoms with Crippen LogP contribution in [-0.2, 0) is 6.54 Å². The molecular weight excluding hydrogens is 386 g/mol. The molecule has 1 N–H and O–H groups in total. The topological polar surface area (TPSA) is 60.2 Å². The summed E-state index contributed by atoms with van der Waals surface area (Å²) in [7, 11) is 1.65. The van der Waals surface area contributed by atoms with Crippen molar-refractivity contribution in [3.63, 3.8) is 0 Å². The molecular formula is C26H33N3O2. The lowest BCUT2D eigenvalue weighted by atomic mass is 9.83. The first-order chi connectivity index (χ1) is 15.1. The number of nitrogens with zero attached hydrogens (tertiary/aromatic N) is 2. The van der Waals surface area contributed by atoms with Gasteiger partial charge in [0, 0.05) is 11.6 Å². The first-order valence-corrected chi connectivity index (χ1v) is 11.4. The molecule has 1 fully saturated rings. The summed E-state index contributed by atoms with van der Waals surface area (Å²) in [6, 6.07) is 17.1. The molecule has 3 aromatic rings. The fraction of sp³-hybridized carbons (Fsp3) is 0.462. The number of aromatic nitrogens is 2. The zero-order valence-corrected chi connectivity index (χ0v) is 18.8. The van der Waals surface area contributed by atoms with Crippen molar-refractivity contribution in [3.8, 4) is 17.2 Å². The Labute approximate surface area is 185 Å². The van der Waals surface area contributed by atoms with Crippen LogP contribution in [0.5, 0.6) is 5.75 Å². The van der Waals surface area contributed by atoms with Gasteiger partial charge in [-0.05, 0) is 60.1 Å². The minimum Gasteiger partial charge on any atom is -0.497 e. The van der Waals surface area contributed by atoms with Gasteiger partial charge in [0.1, 0.15) is 5.75 Å². The standard InChI is InChI=1S/C26H33N3O2/c1-18(2)25(21-11-9-20(10-12-21)19-7-5-4-6-8-19)27-17-24-28-29-26(31-24)22-13-15-23(30-3)16-14-22/h9-16,18-19,25,27H,4-8,17H2,1-3H3/t25-/m0/s1. The van der Waals surface area contributed by atoms with Crippen LogP contribution in [0.4, 0.5) is 0 Å². The Morgan fingerprint density at radius 1 is 0.968 bits per heavy atom. The van der Waals surface area contributed by atoms with E-state index in [0.29, 0.717) is 24.2 Å². The highest BCUT2D eigenvalue weighted by atomic mass is 16.5. The molecule has 0 spiro atoms. The fourth-order valence-electron chi connectivity index (χ4n) is 4.52. The molecule has 1 heterocycles. The van der Waals surface area contributed by atoms with E-state index < -0.39 is 0 Å². The Kier molecular flexibility index (Phi) is 7.03. The Bertz CT molecular complexity index is 942. The molecule has 1 aliphatic carbocycles. The van der Waals surface area contributed by atoms with E-state index in [1.165, 1.54) is 43.2 Å². The van der Waals surface area contributed by atoms with Gasteiger partial charge in [-0.25, -0.2) is 0 Å². The summed E-state index contributed by atoms with van der Waals surface area (Å²) < 4.78 is 11.1. The van der Waals surface area contributed by atoms with Gasteiger partial charge in [0.05, 0.1) is 13.7 Å². The average Bonchev–Trinajstić information content (AvgIpc) is 3.29. The van der Waals surface area contributed by atoms with Crippen LogP contribution in [0.25, 0.3) is 11.5 Å². The molecule has 0 saturated heterocycles. The van der Waals surface area contributed by atoms with Crippen LogP contribution >= 0.6 is 0 Å². The van der Waals surface area contributed by atoms with Gasteiger partial charge in [-0.3, -0.25) is 0 Å². The second kappa shape index (κ2) is 10.1. The van der Waals surface area contributed by atoms with Crippen LogP contribution in [0.3, 0.4) is 0 Å². The Balaban J connectivity index is 1.40.